The van der Waals surface area contributed by atoms with Crippen LogP contribution in [-0.4, -0.2) is 24.8 Å². The molecule has 2 heterocycles. The van der Waals surface area contributed by atoms with Crippen molar-refractivity contribution < 1.29 is 9.90 Å². The van der Waals surface area contributed by atoms with Crippen molar-refractivity contribution in [1.82, 2.24) is 13.7 Å². The minimum atomic E-state index is -1.06. The molecule has 0 saturated carbocycles. The van der Waals surface area contributed by atoms with Crippen LogP contribution in [0.1, 0.15) is 37.3 Å². The first-order valence-corrected chi connectivity index (χ1v) is 11.1. The summed E-state index contributed by atoms with van der Waals surface area (Å²) in [6.45, 7) is 2.20. The highest BCUT2D eigenvalue weighted by Crippen LogP contribution is 2.22. The molecule has 0 fully saturated rings. The van der Waals surface area contributed by atoms with Crippen molar-refractivity contribution in [3.05, 3.63) is 86.7 Å². The quantitative estimate of drug-likeness (QED) is 0.444. The third-order valence-electron chi connectivity index (χ3n) is 5.87. The minimum absolute atomic E-state index is 0.170. The molecule has 7 heteroatoms. The molecule has 1 N–H and O–H groups in total. The molecule has 0 aliphatic heterocycles. The van der Waals surface area contributed by atoms with E-state index in [2.05, 4.69) is 13.0 Å². The number of carbonyl (C=O) groups is 1. The fraction of sp³-hybridized carbons (Fsp3) is 0.269. The molecular formula is C26H27N3O4. The summed E-state index contributed by atoms with van der Waals surface area (Å²) in [7, 11) is 1.96. The lowest BCUT2D eigenvalue weighted by atomic mass is 10.1. The summed E-state index contributed by atoms with van der Waals surface area (Å²) in [4.78, 5) is 37.7. The summed E-state index contributed by atoms with van der Waals surface area (Å²) >= 11 is 0. The van der Waals surface area contributed by atoms with Crippen LogP contribution >= 0.6 is 0 Å². The van der Waals surface area contributed by atoms with Crippen LogP contribution in [0.25, 0.3) is 27.9 Å². The fourth-order valence-electron chi connectivity index (χ4n) is 4.20. The predicted molar refractivity (Wildman–Crippen MR) is 131 cm³/mol. The van der Waals surface area contributed by atoms with E-state index in [-0.39, 0.29) is 19.5 Å². The number of carboxylic acid groups (broad SMARTS) is 1. The Hall–Kier alpha value is -3.87. The zero-order valence-corrected chi connectivity index (χ0v) is 18.8. The Morgan fingerprint density at radius 3 is 2.58 bits per heavy atom. The molecule has 0 aliphatic rings. The second-order valence-electron chi connectivity index (χ2n) is 8.22. The van der Waals surface area contributed by atoms with E-state index in [0.29, 0.717) is 10.9 Å². The van der Waals surface area contributed by atoms with Gasteiger partial charge >= 0.3 is 11.7 Å². The van der Waals surface area contributed by atoms with Crippen molar-refractivity contribution in [1.29, 1.82) is 0 Å². The first-order chi connectivity index (χ1) is 15.9. The number of para-hydroxylation sites is 1. The van der Waals surface area contributed by atoms with Crippen LogP contribution in [0.3, 0.4) is 0 Å². The first-order valence-electron chi connectivity index (χ1n) is 11.1. The van der Waals surface area contributed by atoms with Crippen molar-refractivity contribution in [3.63, 3.8) is 0 Å². The fourth-order valence-corrected chi connectivity index (χ4v) is 4.20. The molecule has 0 unspecified atom stereocenters. The Morgan fingerprint density at radius 2 is 1.82 bits per heavy atom. The number of hydrogen-bond acceptors (Lipinski definition) is 3. The summed E-state index contributed by atoms with van der Waals surface area (Å²) in [5, 5.41) is 10.5. The van der Waals surface area contributed by atoms with Gasteiger partial charge in [0.05, 0.1) is 23.9 Å². The molecule has 4 aromatic rings. The number of aromatic nitrogens is 3. The zero-order valence-electron chi connectivity index (χ0n) is 18.8. The van der Waals surface area contributed by atoms with Gasteiger partial charge in [-0.05, 0) is 35.7 Å². The molecule has 0 atom stereocenters. The molecule has 2 aromatic carbocycles. The van der Waals surface area contributed by atoms with Gasteiger partial charge in [0, 0.05) is 30.7 Å². The van der Waals surface area contributed by atoms with E-state index < -0.39 is 17.2 Å². The average Bonchev–Trinajstić information content (AvgIpc) is 3.12. The van der Waals surface area contributed by atoms with E-state index in [1.54, 1.807) is 10.6 Å². The van der Waals surface area contributed by atoms with Crippen LogP contribution in [-0.2, 0) is 24.9 Å². The SMILES string of the molecule is CCC/C=C/c1ccc2c(=O)n(CCC(=O)O)c(=O)n(Cc3cn(C)c4ccccc34)c2c1. The van der Waals surface area contributed by atoms with E-state index in [1.165, 1.54) is 0 Å². The molecular weight excluding hydrogens is 418 g/mol. The van der Waals surface area contributed by atoms with Crippen molar-refractivity contribution in [2.24, 2.45) is 7.05 Å². The van der Waals surface area contributed by atoms with Crippen molar-refractivity contribution in [3.8, 4) is 0 Å². The number of hydrogen-bond donors (Lipinski definition) is 1. The maximum atomic E-state index is 13.4. The molecule has 0 aliphatic carbocycles. The molecule has 0 amide bonds. The van der Waals surface area contributed by atoms with Gasteiger partial charge in [-0.25, -0.2) is 4.79 Å². The number of aliphatic carboxylic acids is 1. The van der Waals surface area contributed by atoms with Gasteiger partial charge in [0.1, 0.15) is 0 Å². The number of rotatable bonds is 8. The number of carboxylic acids is 1. The summed E-state index contributed by atoms with van der Waals surface area (Å²) in [5.41, 5.74) is 2.48. The number of aryl methyl sites for hydroxylation is 1. The molecule has 170 valence electrons. The lowest BCUT2D eigenvalue weighted by Gasteiger charge is -2.14. The maximum Gasteiger partial charge on any atom is 0.331 e. The van der Waals surface area contributed by atoms with Crippen LogP contribution < -0.4 is 11.2 Å². The molecule has 4 rings (SSSR count). The van der Waals surface area contributed by atoms with E-state index in [1.807, 2.05) is 60.3 Å². The molecule has 0 spiro atoms. The lowest BCUT2D eigenvalue weighted by Crippen LogP contribution is -2.40. The van der Waals surface area contributed by atoms with Gasteiger partial charge in [-0.15, -0.1) is 0 Å². The number of unbranched alkanes of at least 4 members (excludes halogenated alkanes) is 1. The second-order valence-corrected chi connectivity index (χ2v) is 8.22. The highest BCUT2D eigenvalue weighted by molar-refractivity contribution is 5.85. The Labute approximate surface area is 190 Å². The smallest absolute Gasteiger partial charge is 0.331 e. The molecule has 0 saturated heterocycles. The Bertz CT molecular complexity index is 1490. The summed E-state index contributed by atoms with van der Waals surface area (Å²) < 4.78 is 4.63. The lowest BCUT2D eigenvalue weighted by molar-refractivity contribution is -0.137. The van der Waals surface area contributed by atoms with Gasteiger partial charge in [-0.1, -0.05) is 49.8 Å². The Balaban J connectivity index is 1.93. The van der Waals surface area contributed by atoms with E-state index in [9.17, 15) is 14.4 Å². The van der Waals surface area contributed by atoms with Gasteiger partial charge < -0.3 is 9.67 Å². The molecule has 2 aromatic heterocycles. The van der Waals surface area contributed by atoms with Gasteiger partial charge in [-0.3, -0.25) is 18.7 Å². The number of fused-ring (bicyclic) bond motifs is 2. The molecule has 0 radical (unpaired) electrons. The van der Waals surface area contributed by atoms with Gasteiger partial charge in [0.2, 0.25) is 0 Å². The van der Waals surface area contributed by atoms with Gasteiger partial charge in [-0.2, -0.15) is 0 Å². The number of allylic oxidation sites excluding steroid dienone is 1. The topological polar surface area (TPSA) is 86.2 Å². The second kappa shape index (κ2) is 9.32. The van der Waals surface area contributed by atoms with Crippen molar-refractivity contribution >= 4 is 33.9 Å². The summed E-state index contributed by atoms with van der Waals surface area (Å²) in [6, 6.07) is 13.4. The van der Waals surface area contributed by atoms with E-state index >= 15 is 0 Å². The number of nitrogens with zero attached hydrogens (tertiary/aromatic N) is 3. The normalized spacial score (nSPS) is 11.7. The monoisotopic (exact) mass is 445 g/mol. The highest BCUT2D eigenvalue weighted by atomic mass is 16.4. The standard InChI is InChI=1S/C26H27N3O4/c1-3-4-5-8-18-11-12-21-23(15-18)29(26(33)28(25(21)32)14-13-24(30)31)17-19-16-27(2)22-10-7-6-9-20(19)22/h5-12,15-16H,3-4,13-14,17H2,1-2H3,(H,30,31)/b8-5+. The molecule has 33 heavy (non-hydrogen) atoms. The van der Waals surface area contributed by atoms with Crippen LogP contribution in [0.4, 0.5) is 0 Å². The third-order valence-corrected chi connectivity index (χ3v) is 5.87. The molecule has 0 bridgehead atoms. The van der Waals surface area contributed by atoms with Gasteiger partial charge in [0.25, 0.3) is 5.56 Å². The van der Waals surface area contributed by atoms with Crippen LogP contribution in [0.15, 0.2) is 64.3 Å². The van der Waals surface area contributed by atoms with Crippen molar-refractivity contribution in [2.75, 3.05) is 0 Å². The zero-order chi connectivity index (χ0) is 23.5. The summed E-state index contributed by atoms with van der Waals surface area (Å²) in [5.74, 6) is -1.06. The molecule has 7 nitrogen and oxygen atoms in total. The van der Waals surface area contributed by atoms with E-state index in [4.69, 9.17) is 5.11 Å². The largest absolute Gasteiger partial charge is 0.481 e. The Morgan fingerprint density at radius 1 is 1.03 bits per heavy atom. The average molecular weight is 446 g/mol. The van der Waals surface area contributed by atoms with Crippen LogP contribution in [0.5, 0.6) is 0 Å². The van der Waals surface area contributed by atoms with Crippen LogP contribution in [0, 0.1) is 0 Å². The van der Waals surface area contributed by atoms with Crippen LogP contribution in [0.2, 0.25) is 0 Å². The van der Waals surface area contributed by atoms with E-state index in [0.717, 1.165) is 39.4 Å². The predicted octanol–water partition coefficient (Wildman–Crippen LogP) is 3.99. The highest BCUT2D eigenvalue weighted by Gasteiger charge is 2.16. The minimum Gasteiger partial charge on any atom is -0.481 e. The number of benzene rings is 2. The van der Waals surface area contributed by atoms with Crippen molar-refractivity contribution in [2.45, 2.75) is 39.3 Å². The third kappa shape index (κ3) is 4.39. The maximum absolute atomic E-state index is 13.4. The Kier molecular flexibility index (Phi) is 6.31. The summed E-state index contributed by atoms with van der Waals surface area (Å²) in [6.07, 6.45) is 7.73. The van der Waals surface area contributed by atoms with Gasteiger partial charge in [0.15, 0.2) is 0 Å². The first kappa shape index (κ1) is 22.3.